The summed E-state index contributed by atoms with van der Waals surface area (Å²) in [5, 5.41) is 10.3. The molecule has 5 heteroatoms. The first kappa shape index (κ1) is 24.2. The summed E-state index contributed by atoms with van der Waals surface area (Å²) in [5.74, 6) is 0.282. The molecule has 1 atom stereocenters. The Morgan fingerprint density at radius 2 is 1.73 bits per heavy atom. The Hall–Kier alpha value is -0.0857. The van der Waals surface area contributed by atoms with E-state index in [0.717, 1.165) is 12.1 Å². The van der Waals surface area contributed by atoms with Gasteiger partial charge in [-0.1, -0.05) is 42.5 Å². The molecule has 1 aliphatic rings. The van der Waals surface area contributed by atoms with Gasteiger partial charge in [-0.3, -0.25) is 0 Å². The van der Waals surface area contributed by atoms with Crippen molar-refractivity contribution in [2.45, 2.75) is 25.4 Å². The summed E-state index contributed by atoms with van der Waals surface area (Å²) in [7, 11) is 4.16. The number of allylic oxidation sites excluding steroid dienone is 3. The largest absolute Gasteiger partial charge is 2.00 e. The van der Waals surface area contributed by atoms with Crippen molar-refractivity contribution >= 4 is 0 Å². The minimum Gasteiger partial charge on any atom is -1.00 e. The number of rotatable bonds is 4. The number of likely N-dealkylation sites (N-methyl/N-ethyl adjacent to an activating group) is 1. The number of benzene rings is 1. The number of halogens is 2. The van der Waals surface area contributed by atoms with E-state index < -0.39 is 5.60 Å². The van der Waals surface area contributed by atoms with Gasteiger partial charge in [-0.15, -0.1) is 0 Å². The smallest absolute Gasteiger partial charge is 1.00 e. The second-order valence-electron chi connectivity index (χ2n) is 5.99. The van der Waals surface area contributed by atoms with Crippen LogP contribution in [0.4, 0.5) is 0 Å². The van der Waals surface area contributed by atoms with Crippen LogP contribution in [0.1, 0.15) is 30.9 Å². The van der Waals surface area contributed by atoms with Gasteiger partial charge in [-0.05, 0) is 44.6 Å². The van der Waals surface area contributed by atoms with Crippen LogP contribution in [0.2, 0.25) is 0 Å². The minimum absolute atomic E-state index is 0. The number of hydrogen-bond donors (Lipinski definition) is 1. The summed E-state index contributed by atoms with van der Waals surface area (Å²) in [5.41, 5.74) is 2.78. The van der Waals surface area contributed by atoms with E-state index in [4.69, 9.17) is 0 Å². The Labute approximate surface area is 161 Å². The standard InChI is InChI=1S/C17H23NO.2ClH.Ti/c1-17(2,19)16-11-6-5-9-15(16)14-10-7-8-13(14)12-18(3)4;;;/h5-11,14,19H,12H2,1-4H3;2*1H;/q;;;+2/p-2. The Bertz CT molecular complexity index is 522. The molecule has 1 N–H and O–H groups in total. The van der Waals surface area contributed by atoms with Crippen molar-refractivity contribution in [1.82, 2.24) is 4.90 Å². The van der Waals surface area contributed by atoms with Gasteiger partial charge in [-0.25, -0.2) is 0 Å². The molecule has 1 aromatic carbocycles. The molecule has 120 valence electrons. The molecule has 1 aromatic rings. The normalized spacial score (nSPS) is 16.5. The Morgan fingerprint density at radius 3 is 2.27 bits per heavy atom. The van der Waals surface area contributed by atoms with Crippen LogP contribution in [-0.2, 0) is 27.3 Å². The van der Waals surface area contributed by atoms with Crippen LogP contribution < -0.4 is 24.8 Å². The maximum absolute atomic E-state index is 10.3. The monoisotopic (exact) mass is 375 g/mol. The molecule has 0 heterocycles. The molecule has 0 radical (unpaired) electrons. The summed E-state index contributed by atoms with van der Waals surface area (Å²) < 4.78 is 0. The van der Waals surface area contributed by atoms with Crippen LogP contribution in [0.5, 0.6) is 0 Å². The van der Waals surface area contributed by atoms with Gasteiger partial charge in [0.15, 0.2) is 0 Å². The zero-order chi connectivity index (χ0) is 14.0. The van der Waals surface area contributed by atoms with Gasteiger partial charge < -0.3 is 34.8 Å². The van der Waals surface area contributed by atoms with Crippen LogP contribution in [0.3, 0.4) is 0 Å². The SMILES string of the molecule is CN(C)CC1=CC=CC1c1ccccc1C(C)(C)O.[Cl-].[Cl-].[Ti+2]. The van der Waals surface area contributed by atoms with Crippen LogP contribution in [0.25, 0.3) is 0 Å². The fourth-order valence-electron chi connectivity index (χ4n) is 2.66. The fourth-order valence-corrected chi connectivity index (χ4v) is 2.66. The molecule has 0 bridgehead atoms. The van der Waals surface area contributed by atoms with Gasteiger partial charge in [0.1, 0.15) is 0 Å². The first-order valence-corrected chi connectivity index (χ1v) is 6.73. The summed E-state index contributed by atoms with van der Waals surface area (Å²) >= 11 is 0. The molecule has 1 unspecified atom stereocenters. The van der Waals surface area contributed by atoms with Gasteiger partial charge in [0.25, 0.3) is 0 Å². The third-order valence-electron chi connectivity index (χ3n) is 3.47. The fraction of sp³-hybridized carbons (Fsp3) is 0.412. The molecular weight excluding hydrogens is 353 g/mol. The average molecular weight is 376 g/mol. The van der Waals surface area contributed by atoms with Gasteiger partial charge in [0.2, 0.25) is 0 Å². The van der Waals surface area contributed by atoms with Crippen molar-refractivity contribution in [2.24, 2.45) is 0 Å². The summed E-state index contributed by atoms with van der Waals surface area (Å²) in [4.78, 5) is 2.18. The first-order valence-electron chi connectivity index (χ1n) is 6.73. The predicted octanol–water partition coefficient (Wildman–Crippen LogP) is -2.94. The zero-order valence-electron chi connectivity index (χ0n) is 13.5. The van der Waals surface area contributed by atoms with Crippen molar-refractivity contribution in [2.75, 3.05) is 20.6 Å². The van der Waals surface area contributed by atoms with E-state index in [9.17, 15) is 5.11 Å². The topological polar surface area (TPSA) is 23.5 Å². The van der Waals surface area contributed by atoms with Crippen LogP contribution in [0.15, 0.2) is 48.1 Å². The molecule has 0 aliphatic heterocycles. The van der Waals surface area contributed by atoms with Gasteiger partial charge in [-0.2, -0.15) is 0 Å². The van der Waals surface area contributed by atoms with Crippen molar-refractivity contribution in [3.8, 4) is 0 Å². The van der Waals surface area contributed by atoms with Gasteiger partial charge in [0, 0.05) is 12.5 Å². The molecule has 0 saturated carbocycles. The van der Waals surface area contributed by atoms with E-state index in [2.05, 4.69) is 43.3 Å². The number of nitrogens with zero attached hydrogens (tertiary/aromatic N) is 1. The molecule has 1 aliphatic carbocycles. The molecule has 0 amide bonds. The second-order valence-corrected chi connectivity index (χ2v) is 5.99. The first-order chi connectivity index (χ1) is 8.89. The summed E-state index contributed by atoms with van der Waals surface area (Å²) in [6.45, 7) is 4.64. The van der Waals surface area contributed by atoms with Crippen molar-refractivity contribution < 1.29 is 51.6 Å². The van der Waals surface area contributed by atoms with Crippen LogP contribution in [-0.4, -0.2) is 30.6 Å². The third-order valence-corrected chi connectivity index (χ3v) is 3.47. The van der Waals surface area contributed by atoms with Crippen molar-refractivity contribution in [3.63, 3.8) is 0 Å². The summed E-state index contributed by atoms with van der Waals surface area (Å²) in [6, 6.07) is 8.18. The number of hydrogen-bond acceptors (Lipinski definition) is 2. The molecule has 2 rings (SSSR count). The van der Waals surface area contributed by atoms with Crippen LogP contribution >= 0.6 is 0 Å². The van der Waals surface area contributed by atoms with Crippen LogP contribution in [0, 0.1) is 0 Å². The van der Waals surface area contributed by atoms with E-state index in [-0.39, 0.29) is 52.4 Å². The van der Waals surface area contributed by atoms with Crippen molar-refractivity contribution in [3.05, 3.63) is 59.2 Å². The maximum atomic E-state index is 10.3. The maximum Gasteiger partial charge on any atom is 2.00 e. The molecular formula is C17H23Cl2NOTi. The van der Waals surface area contributed by atoms with E-state index in [1.54, 1.807) is 0 Å². The minimum atomic E-state index is -0.809. The quantitative estimate of drug-likeness (QED) is 0.569. The van der Waals surface area contributed by atoms with Crippen molar-refractivity contribution in [1.29, 1.82) is 0 Å². The Balaban J connectivity index is 0. The Kier molecular flexibility index (Phi) is 10.9. The number of aliphatic hydroxyl groups is 1. The van der Waals surface area contributed by atoms with E-state index in [1.807, 2.05) is 32.0 Å². The van der Waals surface area contributed by atoms with E-state index in [0.29, 0.717) is 0 Å². The van der Waals surface area contributed by atoms with Gasteiger partial charge in [0.05, 0.1) is 5.60 Å². The van der Waals surface area contributed by atoms with E-state index >= 15 is 0 Å². The predicted molar refractivity (Wildman–Crippen MR) is 80.2 cm³/mol. The molecule has 2 nitrogen and oxygen atoms in total. The molecule has 0 fully saturated rings. The summed E-state index contributed by atoms with van der Waals surface area (Å²) in [6.07, 6.45) is 6.51. The van der Waals surface area contributed by atoms with Gasteiger partial charge >= 0.3 is 21.7 Å². The zero-order valence-corrected chi connectivity index (χ0v) is 16.5. The molecule has 0 saturated heterocycles. The third kappa shape index (κ3) is 5.84. The molecule has 22 heavy (non-hydrogen) atoms. The molecule has 0 aromatic heterocycles. The van der Waals surface area contributed by atoms with E-state index in [1.165, 1.54) is 11.1 Å². The average Bonchev–Trinajstić information content (AvgIpc) is 2.75. The second kappa shape index (κ2) is 9.92. The molecule has 0 spiro atoms. The Morgan fingerprint density at radius 1 is 1.14 bits per heavy atom.